The lowest BCUT2D eigenvalue weighted by Crippen LogP contribution is -2.39. The zero-order valence-corrected chi connectivity index (χ0v) is 12.0. The first-order valence-corrected chi connectivity index (χ1v) is 7.76. The Morgan fingerprint density at radius 1 is 1.30 bits per heavy atom. The monoisotopic (exact) mass is 293 g/mol. The second-order valence-corrected chi connectivity index (χ2v) is 6.21. The van der Waals surface area contributed by atoms with E-state index in [-0.39, 0.29) is 0 Å². The molecule has 0 saturated heterocycles. The highest BCUT2D eigenvalue weighted by molar-refractivity contribution is 7.16. The van der Waals surface area contributed by atoms with E-state index in [0.29, 0.717) is 12.5 Å². The minimum absolute atomic E-state index is 0.387. The minimum atomic E-state index is -0.623. The van der Waals surface area contributed by atoms with Gasteiger partial charge in [-0.15, -0.1) is 11.3 Å². The van der Waals surface area contributed by atoms with Crippen molar-refractivity contribution in [3.8, 4) is 0 Å². The number of hydrogen-bond acceptors (Lipinski definition) is 7. The van der Waals surface area contributed by atoms with Crippen LogP contribution in [-0.4, -0.2) is 27.2 Å². The molecular formula is C13H19N5OS. The van der Waals surface area contributed by atoms with E-state index in [4.69, 9.17) is 5.84 Å². The van der Waals surface area contributed by atoms with Gasteiger partial charge in [-0.2, -0.15) is 4.98 Å². The van der Waals surface area contributed by atoms with E-state index in [9.17, 15) is 5.11 Å². The molecule has 0 unspecified atom stereocenters. The summed E-state index contributed by atoms with van der Waals surface area (Å²) in [6, 6.07) is 1.98. The highest BCUT2D eigenvalue weighted by Gasteiger charge is 2.29. The molecule has 1 saturated carbocycles. The number of nitrogens with zero attached hydrogens (tertiary/aromatic N) is 2. The first kappa shape index (κ1) is 13.5. The molecule has 3 rings (SSSR count). The number of nitrogens with two attached hydrogens (primary N) is 1. The number of anilines is 2. The van der Waals surface area contributed by atoms with Crippen LogP contribution in [0.1, 0.15) is 32.1 Å². The highest BCUT2D eigenvalue weighted by Crippen LogP contribution is 2.30. The van der Waals surface area contributed by atoms with Crippen molar-refractivity contribution in [3.63, 3.8) is 0 Å². The Morgan fingerprint density at radius 2 is 2.10 bits per heavy atom. The van der Waals surface area contributed by atoms with Crippen LogP contribution in [0.3, 0.4) is 0 Å². The fraction of sp³-hybridized carbons (Fsp3) is 0.538. The number of aliphatic hydroxyl groups is 1. The van der Waals surface area contributed by atoms with Crippen molar-refractivity contribution in [2.75, 3.05) is 17.3 Å². The first-order valence-electron chi connectivity index (χ1n) is 6.88. The van der Waals surface area contributed by atoms with Crippen molar-refractivity contribution in [2.45, 2.75) is 37.7 Å². The number of hydrazine groups is 1. The Balaban J connectivity index is 1.81. The summed E-state index contributed by atoms with van der Waals surface area (Å²) < 4.78 is 0. The fourth-order valence-electron chi connectivity index (χ4n) is 2.69. The van der Waals surface area contributed by atoms with E-state index in [1.165, 1.54) is 6.42 Å². The molecule has 0 bridgehead atoms. The Morgan fingerprint density at radius 3 is 2.85 bits per heavy atom. The molecule has 1 aliphatic carbocycles. The van der Waals surface area contributed by atoms with Gasteiger partial charge < -0.3 is 10.4 Å². The van der Waals surface area contributed by atoms with Gasteiger partial charge in [0.2, 0.25) is 5.95 Å². The van der Waals surface area contributed by atoms with Crippen LogP contribution in [0.15, 0.2) is 11.4 Å². The zero-order chi connectivity index (χ0) is 14.0. The van der Waals surface area contributed by atoms with Gasteiger partial charge in [-0.3, -0.25) is 5.43 Å². The summed E-state index contributed by atoms with van der Waals surface area (Å²) in [6.07, 6.45) is 5.09. The predicted molar refractivity (Wildman–Crippen MR) is 81.7 cm³/mol. The van der Waals surface area contributed by atoms with Gasteiger partial charge in [-0.05, 0) is 24.3 Å². The smallest absolute Gasteiger partial charge is 0.240 e. The van der Waals surface area contributed by atoms with E-state index >= 15 is 0 Å². The number of aromatic nitrogens is 2. The van der Waals surface area contributed by atoms with Crippen molar-refractivity contribution in [2.24, 2.45) is 5.84 Å². The fourth-order valence-corrected chi connectivity index (χ4v) is 3.45. The second kappa shape index (κ2) is 5.51. The third-order valence-electron chi connectivity index (χ3n) is 3.82. The third kappa shape index (κ3) is 2.70. The maximum atomic E-state index is 10.5. The van der Waals surface area contributed by atoms with E-state index in [0.717, 1.165) is 41.7 Å². The second-order valence-electron chi connectivity index (χ2n) is 5.32. The van der Waals surface area contributed by atoms with E-state index in [1.54, 1.807) is 11.3 Å². The first-order chi connectivity index (χ1) is 9.70. The molecule has 1 fully saturated rings. The van der Waals surface area contributed by atoms with Crippen LogP contribution in [0.5, 0.6) is 0 Å². The number of thiophene rings is 1. The molecule has 0 aromatic carbocycles. The Hall–Kier alpha value is -1.44. The van der Waals surface area contributed by atoms with Crippen molar-refractivity contribution < 1.29 is 5.11 Å². The molecule has 6 nitrogen and oxygen atoms in total. The predicted octanol–water partition coefficient (Wildman–Crippen LogP) is 2.08. The molecule has 5 N–H and O–H groups in total. The number of nitrogen functional groups attached to an aromatic ring is 1. The van der Waals surface area contributed by atoms with Crippen molar-refractivity contribution in [3.05, 3.63) is 11.4 Å². The molecule has 7 heteroatoms. The Kier molecular flexibility index (Phi) is 3.73. The van der Waals surface area contributed by atoms with Gasteiger partial charge in [0.15, 0.2) is 0 Å². The zero-order valence-electron chi connectivity index (χ0n) is 11.2. The van der Waals surface area contributed by atoms with Crippen LogP contribution in [0.4, 0.5) is 11.8 Å². The molecule has 0 atom stereocenters. The van der Waals surface area contributed by atoms with Gasteiger partial charge in [0.1, 0.15) is 10.6 Å². The van der Waals surface area contributed by atoms with Crippen LogP contribution >= 0.6 is 11.3 Å². The van der Waals surface area contributed by atoms with Gasteiger partial charge in [-0.25, -0.2) is 10.8 Å². The van der Waals surface area contributed by atoms with Gasteiger partial charge in [0.25, 0.3) is 0 Å². The number of fused-ring (bicyclic) bond motifs is 1. The topological polar surface area (TPSA) is 96.1 Å². The highest BCUT2D eigenvalue weighted by atomic mass is 32.1. The lowest BCUT2D eigenvalue weighted by Gasteiger charge is -2.32. The number of nitrogens with one attached hydrogen (secondary N) is 2. The molecule has 0 aliphatic heterocycles. The van der Waals surface area contributed by atoms with Crippen LogP contribution in [-0.2, 0) is 0 Å². The van der Waals surface area contributed by atoms with E-state index < -0.39 is 5.60 Å². The SMILES string of the molecule is NNc1nc(NCC2(O)CCCCC2)c2ccsc2n1. The maximum Gasteiger partial charge on any atom is 0.240 e. The maximum absolute atomic E-state index is 10.5. The largest absolute Gasteiger partial charge is 0.388 e. The molecule has 2 aromatic heterocycles. The Bertz CT molecular complexity index is 593. The Labute approximate surface area is 121 Å². The van der Waals surface area contributed by atoms with Crippen molar-refractivity contribution >= 4 is 33.3 Å². The van der Waals surface area contributed by atoms with Crippen LogP contribution in [0, 0.1) is 0 Å². The van der Waals surface area contributed by atoms with Crippen LogP contribution < -0.4 is 16.6 Å². The standard InChI is InChI=1S/C13H19N5OS/c14-18-12-16-10(9-4-7-20-11(9)17-12)15-8-13(19)5-2-1-3-6-13/h4,7,19H,1-3,5-6,8,14H2,(H2,15,16,17,18). The quantitative estimate of drug-likeness (QED) is 0.509. The summed E-state index contributed by atoms with van der Waals surface area (Å²) in [7, 11) is 0. The molecule has 20 heavy (non-hydrogen) atoms. The van der Waals surface area contributed by atoms with Gasteiger partial charge >= 0.3 is 0 Å². The molecular weight excluding hydrogens is 274 g/mol. The summed E-state index contributed by atoms with van der Waals surface area (Å²) in [6.45, 7) is 0.513. The van der Waals surface area contributed by atoms with Crippen molar-refractivity contribution in [1.29, 1.82) is 0 Å². The molecule has 0 spiro atoms. The number of hydrogen-bond donors (Lipinski definition) is 4. The molecule has 108 valence electrons. The molecule has 0 radical (unpaired) electrons. The third-order valence-corrected chi connectivity index (χ3v) is 4.63. The van der Waals surface area contributed by atoms with Crippen LogP contribution in [0.25, 0.3) is 10.2 Å². The van der Waals surface area contributed by atoms with Gasteiger partial charge in [-0.1, -0.05) is 19.3 Å². The lowest BCUT2D eigenvalue weighted by atomic mass is 9.85. The average molecular weight is 293 g/mol. The molecule has 1 aliphatic rings. The van der Waals surface area contributed by atoms with Crippen LogP contribution in [0.2, 0.25) is 0 Å². The normalized spacial score (nSPS) is 18.1. The van der Waals surface area contributed by atoms with E-state index in [2.05, 4.69) is 20.7 Å². The summed E-state index contributed by atoms with van der Waals surface area (Å²) in [5.41, 5.74) is 1.86. The van der Waals surface area contributed by atoms with Gasteiger partial charge in [0, 0.05) is 6.54 Å². The lowest BCUT2D eigenvalue weighted by molar-refractivity contribution is 0.0167. The van der Waals surface area contributed by atoms with Gasteiger partial charge in [0.05, 0.1) is 11.0 Å². The molecule has 0 amide bonds. The van der Waals surface area contributed by atoms with Crippen molar-refractivity contribution in [1.82, 2.24) is 9.97 Å². The average Bonchev–Trinajstić information content (AvgIpc) is 2.93. The number of rotatable bonds is 4. The summed E-state index contributed by atoms with van der Waals surface area (Å²) in [5.74, 6) is 6.51. The summed E-state index contributed by atoms with van der Waals surface area (Å²) in [5, 5.41) is 16.7. The molecule has 2 heterocycles. The minimum Gasteiger partial charge on any atom is -0.388 e. The molecule has 2 aromatic rings. The summed E-state index contributed by atoms with van der Waals surface area (Å²) in [4.78, 5) is 9.52. The summed E-state index contributed by atoms with van der Waals surface area (Å²) >= 11 is 1.54. The van der Waals surface area contributed by atoms with E-state index in [1.807, 2.05) is 11.4 Å².